The number of alkyl halides is 3. The Morgan fingerprint density at radius 2 is 1.87 bits per heavy atom. The molecule has 0 saturated heterocycles. The smallest absolute Gasteiger partial charge is 0.417 e. The van der Waals surface area contributed by atoms with Gasteiger partial charge < -0.3 is 9.47 Å². The predicted octanol–water partition coefficient (Wildman–Crippen LogP) is 5.54. The fourth-order valence-corrected chi connectivity index (χ4v) is 1.80. The van der Waals surface area contributed by atoms with Crippen molar-refractivity contribution in [2.45, 2.75) is 40.8 Å². The Hall–Kier alpha value is -1.69. The van der Waals surface area contributed by atoms with E-state index in [2.05, 4.69) is 0 Å². The first-order valence-corrected chi connectivity index (χ1v) is 7.43. The van der Waals surface area contributed by atoms with Crippen LogP contribution in [0.2, 0.25) is 5.02 Å². The predicted molar refractivity (Wildman–Crippen MR) is 83.6 cm³/mol. The molecule has 0 radical (unpaired) electrons. The summed E-state index contributed by atoms with van der Waals surface area (Å²) >= 11 is 5.61. The van der Waals surface area contributed by atoms with E-state index >= 15 is 0 Å². The summed E-state index contributed by atoms with van der Waals surface area (Å²) in [5.74, 6) is -0.260. The van der Waals surface area contributed by atoms with Crippen LogP contribution in [-0.4, -0.2) is 12.6 Å². The van der Waals surface area contributed by atoms with Gasteiger partial charge >= 0.3 is 12.1 Å². The third-order valence-corrected chi connectivity index (χ3v) is 2.76. The zero-order chi connectivity index (χ0) is 18.2. The quantitative estimate of drug-likeness (QED) is 0.405. The fraction of sp³-hybridized carbons (Fsp3) is 0.438. The number of ether oxygens (including phenoxy) is 2. The minimum atomic E-state index is -4.53. The van der Waals surface area contributed by atoms with Crippen LogP contribution in [0.25, 0.3) is 0 Å². The van der Waals surface area contributed by atoms with E-state index in [9.17, 15) is 18.0 Å². The number of hydrogen-bond donors (Lipinski definition) is 0. The zero-order valence-corrected chi connectivity index (χ0v) is 14.4. The zero-order valence-electron chi connectivity index (χ0n) is 13.7. The highest BCUT2D eigenvalue weighted by atomic mass is 35.5. The van der Waals surface area contributed by atoms with E-state index in [0.29, 0.717) is 0 Å². The van der Waals surface area contributed by atoms with E-state index in [1.807, 2.05) is 13.8 Å². The average molecular weight is 353 g/mol. The molecule has 0 unspecified atom stereocenters. The van der Waals surface area contributed by atoms with Gasteiger partial charge in [0, 0.05) is 6.07 Å². The average Bonchev–Trinajstić information content (AvgIpc) is 2.43. The van der Waals surface area contributed by atoms with Gasteiger partial charge in [-0.05, 0) is 32.4 Å². The first-order chi connectivity index (χ1) is 10.6. The highest BCUT2D eigenvalue weighted by Gasteiger charge is 2.33. The third-order valence-electron chi connectivity index (χ3n) is 2.45. The molecule has 0 saturated carbocycles. The molecule has 0 aliphatic carbocycles. The highest BCUT2D eigenvalue weighted by molar-refractivity contribution is 6.31. The van der Waals surface area contributed by atoms with Gasteiger partial charge in [-0.2, -0.15) is 13.2 Å². The molecule has 1 aromatic carbocycles. The van der Waals surface area contributed by atoms with E-state index in [1.54, 1.807) is 6.92 Å². The highest BCUT2D eigenvalue weighted by Crippen LogP contribution is 2.38. The number of hydrogen-bond acceptors (Lipinski definition) is 3. The molecule has 0 spiro atoms. The molecule has 1 aromatic rings. The van der Waals surface area contributed by atoms with E-state index in [-0.39, 0.29) is 23.7 Å². The molecule has 0 aliphatic heterocycles. The Balaban J connectivity index is 0.00000232. The lowest BCUT2D eigenvalue weighted by Gasteiger charge is -2.14. The maximum atomic E-state index is 12.7. The number of rotatable bonds is 4. The molecule has 0 bridgehead atoms. The molecule has 1 rings (SSSR count). The van der Waals surface area contributed by atoms with Crippen LogP contribution in [0.4, 0.5) is 13.2 Å². The Morgan fingerprint density at radius 1 is 1.30 bits per heavy atom. The number of halogens is 4. The van der Waals surface area contributed by atoms with E-state index in [1.165, 1.54) is 13.8 Å². The van der Waals surface area contributed by atoms with Crippen molar-refractivity contribution in [1.29, 1.82) is 0 Å². The summed E-state index contributed by atoms with van der Waals surface area (Å²) in [5.41, 5.74) is -0.677. The summed E-state index contributed by atoms with van der Waals surface area (Å²) in [4.78, 5) is 11.2. The number of benzene rings is 1. The summed E-state index contributed by atoms with van der Waals surface area (Å²) in [7, 11) is 0. The van der Waals surface area contributed by atoms with Crippen molar-refractivity contribution >= 4 is 17.6 Å². The first-order valence-electron chi connectivity index (χ1n) is 7.05. The monoisotopic (exact) mass is 352 g/mol. The van der Waals surface area contributed by atoms with Crippen LogP contribution >= 0.6 is 11.6 Å². The van der Waals surface area contributed by atoms with Crippen molar-refractivity contribution in [1.82, 2.24) is 0 Å². The van der Waals surface area contributed by atoms with Gasteiger partial charge in [0.1, 0.15) is 11.5 Å². The SMILES string of the molecule is CC.CCOC(=O)/C=C(\C)Oc1cc(Cl)c(C(F)(F)F)cc1C. The van der Waals surface area contributed by atoms with Crippen LogP contribution < -0.4 is 4.74 Å². The maximum Gasteiger partial charge on any atom is 0.417 e. The Bertz CT molecular complexity index is 566. The molecule has 0 fully saturated rings. The number of allylic oxidation sites excluding steroid dienone is 1. The van der Waals surface area contributed by atoms with Crippen molar-refractivity contribution in [3.8, 4) is 5.75 Å². The van der Waals surface area contributed by atoms with Crippen LogP contribution in [-0.2, 0) is 15.7 Å². The second kappa shape index (κ2) is 9.45. The van der Waals surface area contributed by atoms with Gasteiger partial charge in [-0.25, -0.2) is 4.79 Å². The van der Waals surface area contributed by atoms with Gasteiger partial charge in [0.2, 0.25) is 0 Å². The molecule has 7 heteroatoms. The summed E-state index contributed by atoms with van der Waals surface area (Å²) in [6, 6.07) is 1.97. The van der Waals surface area contributed by atoms with Crippen LogP contribution in [0.1, 0.15) is 38.8 Å². The van der Waals surface area contributed by atoms with Crippen molar-refractivity contribution < 1.29 is 27.4 Å². The molecule has 0 heterocycles. The molecule has 0 aromatic heterocycles. The lowest BCUT2D eigenvalue weighted by Crippen LogP contribution is -2.07. The second-order valence-corrected chi connectivity index (χ2v) is 4.61. The molecule has 0 atom stereocenters. The minimum absolute atomic E-state index is 0.144. The van der Waals surface area contributed by atoms with Crippen LogP contribution in [0.15, 0.2) is 24.0 Å². The van der Waals surface area contributed by atoms with E-state index in [0.717, 1.165) is 18.2 Å². The van der Waals surface area contributed by atoms with Gasteiger partial charge in [0.15, 0.2) is 0 Å². The molecule has 0 N–H and O–H groups in total. The Kier molecular flexibility index (Phi) is 8.75. The molecular formula is C16H20ClF3O3. The van der Waals surface area contributed by atoms with Gasteiger partial charge in [-0.3, -0.25) is 0 Å². The summed E-state index contributed by atoms with van der Waals surface area (Å²) < 4.78 is 48.1. The van der Waals surface area contributed by atoms with Crippen molar-refractivity contribution in [2.75, 3.05) is 6.61 Å². The standard InChI is InChI=1S/C14H14ClF3O3.C2H6/c1-4-20-13(19)6-9(3)21-12-7-11(15)10(5-8(12)2)14(16,17)18;1-2/h5-7H,4H2,1-3H3;1-2H3/b9-6+;. The van der Waals surface area contributed by atoms with Crippen LogP contribution in [0.3, 0.4) is 0 Å². The number of esters is 1. The van der Waals surface area contributed by atoms with E-state index < -0.39 is 22.7 Å². The topological polar surface area (TPSA) is 35.5 Å². The van der Waals surface area contributed by atoms with Gasteiger partial charge in [0.25, 0.3) is 0 Å². The number of carbonyl (C=O) groups excluding carboxylic acids is 1. The van der Waals surface area contributed by atoms with Gasteiger partial charge in [0.05, 0.1) is 23.3 Å². The Morgan fingerprint density at radius 3 is 2.35 bits per heavy atom. The largest absolute Gasteiger partial charge is 0.463 e. The number of aryl methyl sites for hydroxylation is 1. The second-order valence-electron chi connectivity index (χ2n) is 4.20. The lowest BCUT2D eigenvalue weighted by atomic mass is 10.1. The minimum Gasteiger partial charge on any atom is -0.463 e. The molecule has 3 nitrogen and oxygen atoms in total. The maximum absolute atomic E-state index is 12.7. The Labute approximate surface area is 139 Å². The molecule has 0 amide bonds. The molecule has 0 aliphatic rings. The summed E-state index contributed by atoms with van der Waals surface area (Å²) in [6.45, 7) is 8.82. The molecule has 23 heavy (non-hydrogen) atoms. The molecule has 130 valence electrons. The van der Waals surface area contributed by atoms with Gasteiger partial charge in [-0.15, -0.1) is 0 Å². The van der Waals surface area contributed by atoms with Crippen LogP contribution in [0.5, 0.6) is 5.75 Å². The van der Waals surface area contributed by atoms with Gasteiger partial charge in [-0.1, -0.05) is 25.4 Å². The molecular weight excluding hydrogens is 333 g/mol. The first kappa shape index (κ1) is 21.3. The third kappa shape index (κ3) is 6.95. The normalized spacial score (nSPS) is 11.4. The van der Waals surface area contributed by atoms with Crippen molar-refractivity contribution in [3.05, 3.63) is 40.1 Å². The lowest BCUT2D eigenvalue weighted by molar-refractivity contribution is -0.138. The van der Waals surface area contributed by atoms with E-state index in [4.69, 9.17) is 21.1 Å². The summed E-state index contributed by atoms with van der Waals surface area (Å²) in [5, 5.41) is -0.466. The van der Waals surface area contributed by atoms with Crippen LogP contribution in [0, 0.1) is 6.92 Å². The number of carbonyl (C=O) groups is 1. The summed E-state index contributed by atoms with van der Waals surface area (Å²) in [6.07, 6.45) is -3.43. The van der Waals surface area contributed by atoms with Crippen molar-refractivity contribution in [3.63, 3.8) is 0 Å². The van der Waals surface area contributed by atoms with Crippen molar-refractivity contribution in [2.24, 2.45) is 0 Å². The fourth-order valence-electron chi connectivity index (χ4n) is 1.54.